The molecule has 118 valence electrons. The van der Waals surface area contributed by atoms with Crippen LogP contribution in [0.3, 0.4) is 0 Å². The van der Waals surface area contributed by atoms with Crippen molar-refractivity contribution in [2.24, 2.45) is 0 Å². The topological polar surface area (TPSA) is 91.9 Å². The first-order valence-electron chi connectivity index (χ1n) is 7.00. The molecule has 7 heteroatoms. The minimum Gasteiger partial charge on any atom is -0.354 e. The number of aromatic nitrogens is 1. The summed E-state index contributed by atoms with van der Waals surface area (Å²) in [6.07, 6.45) is 1.47. The van der Waals surface area contributed by atoms with Crippen LogP contribution in [-0.4, -0.2) is 9.91 Å². The summed E-state index contributed by atoms with van der Waals surface area (Å²) in [7, 11) is 0. The van der Waals surface area contributed by atoms with Gasteiger partial charge in [0.2, 0.25) is 0 Å². The van der Waals surface area contributed by atoms with Gasteiger partial charge in [-0.1, -0.05) is 22.0 Å². The van der Waals surface area contributed by atoms with Crippen LogP contribution in [0.1, 0.15) is 11.1 Å². The van der Waals surface area contributed by atoms with Gasteiger partial charge in [-0.05, 0) is 30.7 Å². The van der Waals surface area contributed by atoms with Crippen molar-refractivity contribution >= 4 is 43.9 Å². The van der Waals surface area contributed by atoms with Crippen LogP contribution in [0, 0.1) is 28.4 Å². The van der Waals surface area contributed by atoms with Crippen molar-refractivity contribution in [1.82, 2.24) is 4.98 Å². The van der Waals surface area contributed by atoms with E-state index >= 15 is 0 Å². The van der Waals surface area contributed by atoms with E-state index in [0.29, 0.717) is 27.7 Å². The minimum absolute atomic E-state index is 0.0332. The van der Waals surface area contributed by atoms with E-state index in [-0.39, 0.29) is 5.69 Å². The molecule has 1 N–H and O–H groups in total. The van der Waals surface area contributed by atoms with E-state index in [1.165, 1.54) is 18.3 Å². The highest BCUT2D eigenvalue weighted by atomic mass is 79.9. The van der Waals surface area contributed by atoms with E-state index < -0.39 is 4.92 Å². The summed E-state index contributed by atoms with van der Waals surface area (Å²) in [4.78, 5) is 15.0. The third kappa shape index (κ3) is 2.92. The predicted molar refractivity (Wildman–Crippen MR) is 95.3 cm³/mol. The summed E-state index contributed by atoms with van der Waals surface area (Å²) >= 11 is 3.40. The molecule has 0 amide bonds. The van der Waals surface area contributed by atoms with Gasteiger partial charge in [-0.15, -0.1) is 0 Å². The van der Waals surface area contributed by atoms with Gasteiger partial charge < -0.3 is 5.32 Å². The summed E-state index contributed by atoms with van der Waals surface area (Å²) in [5.74, 6) is 0. The van der Waals surface area contributed by atoms with Crippen molar-refractivity contribution in [2.75, 3.05) is 5.32 Å². The van der Waals surface area contributed by atoms with Crippen molar-refractivity contribution in [3.8, 4) is 6.07 Å². The summed E-state index contributed by atoms with van der Waals surface area (Å²) < 4.78 is 0.881. The van der Waals surface area contributed by atoms with E-state index in [4.69, 9.17) is 0 Å². The number of benzene rings is 2. The Morgan fingerprint density at radius 3 is 2.79 bits per heavy atom. The highest BCUT2D eigenvalue weighted by molar-refractivity contribution is 9.10. The lowest BCUT2D eigenvalue weighted by molar-refractivity contribution is -0.384. The molecule has 0 aliphatic heterocycles. The average molecular weight is 383 g/mol. The molecule has 0 saturated carbocycles. The number of non-ortho nitro benzene ring substituents is 1. The number of nitro groups is 1. The highest BCUT2D eigenvalue weighted by Gasteiger charge is 2.16. The third-order valence-corrected chi connectivity index (χ3v) is 4.07. The van der Waals surface area contributed by atoms with Gasteiger partial charge >= 0.3 is 0 Å². The molecule has 3 rings (SSSR count). The SMILES string of the molecule is Cc1cc([N+](=O)[O-])cc2c(Nc3cccc(Br)c3)c(C#N)cnc12. The maximum atomic E-state index is 11.2. The molecule has 0 aliphatic carbocycles. The standard InChI is InChI=1S/C17H11BrN4O2/c1-10-5-14(22(23)24)7-15-16(10)20-9-11(8-19)17(15)21-13-4-2-3-12(18)6-13/h2-7,9H,1H3,(H,20,21). The third-order valence-electron chi connectivity index (χ3n) is 3.57. The largest absolute Gasteiger partial charge is 0.354 e. The molecule has 0 unspecified atom stereocenters. The zero-order chi connectivity index (χ0) is 17.3. The summed E-state index contributed by atoms with van der Waals surface area (Å²) in [5, 5.41) is 24.3. The normalized spacial score (nSPS) is 10.4. The number of hydrogen-bond acceptors (Lipinski definition) is 5. The quantitative estimate of drug-likeness (QED) is 0.517. The van der Waals surface area contributed by atoms with Crippen LogP contribution >= 0.6 is 15.9 Å². The number of pyridine rings is 1. The Morgan fingerprint density at radius 1 is 1.33 bits per heavy atom. The summed E-state index contributed by atoms with van der Waals surface area (Å²) in [6, 6.07) is 12.5. The van der Waals surface area contributed by atoms with Gasteiger partial charge in [0, 0.05) is 33.9 Å². The van der Waals surface area contributed by atoms with Crippen molar-refractivity contribution in [3.05, 3.63) is 68.3 Å². The lowest BCUT2D eigenvalue weighted by Crippen LogP contribution is -1.99. The smallest absolute Gasteiger partial charge is 0.270 e. The number of nitriles is 1. The van der Waals surface area contributed by atoms with Crippen molar-refractivity contribution < 1.29 is 4.92 Å². The van der Waals surface area contributed by atoms with Gasteiger partial charge in [-0.3, -0.25) is 15.1 Å². The van der Waals surface area contributed by atoms with E-state index in [2.05, 4.69) is 32.3 Å². The molecule has 24 heavy (non-hydrogen) atoms. The fourth-order valence-corrected chi connectivity index (χ4v) is 2.90. The van der Waals surface area contributed by atoms with Gasteiger partial charge in [0.25, 0.3) is 5.69 Å². The average Bonchev–Trinajstić information content (AvgIpc) is 2.55. The monoisotopic (exact) mass is 382 g/mol. The fourth-order valence-electron chi connectivity index (χ4n) is 2.50. The second kappa shape index (κ2) is 6.26. The first-order chi connectivity index (χ1) is 11.5. The van der Waals surface area contributed by atoms with E-state index in [1.54, 1.807) is 6.92 Å². The lowest BCUT2D eigenvalue weighted by atomic mass is 10.0. The van der Waals surface area contributed by atoms with Gasteiger partial charge in [0.15, 0.2) is 0 Å². The number of rotatable bonds is 3. The number of fused-ring (bicyclic) bond motifs is 1. The Bertz CT molecular complexity index is 1010. The van der Waals surface area contributed by atoms with Crippen LogP contribution in [0.15, 0.2) is 47.1 Å². The number of hydrogen-bond donors (Lipinski definition) is 1. The Morgan fingerprint density at radius 2 is 2.12 bits per heavy atom. The van der Waals surface area contributed by atoms with Crippen molar-refractivity contribution in [3.63, 3.8) is 0 Å². The molecule has 2 aromatic carbocycles. The lowest BCUT2D eigenvalue weighted by Gasteiger charge is -2.12. The summed E-state index contributed by atoms with van der Waals surface area (Å²) in [5.41, 5.74) is 2.86. The Kier molecular flexibility index (Phi) is 4.15. The van der Waals surface area contributed by atoms with Crippen molar-refractivity contribution in [1.29, 1.82) is 5.26 Å². The molecule has 1 heterocycles. The molecule has 0 fully saturated rings. The van der Waals surface area contributed by atoms with Crippen LogP contribution in [-0.2, 0) is 0 Å². The molecule has 0 spiro atoms. The number of aryl methyl sites for hydroxylation is 1. The highest BCUT2D eigenvalue weighted by Crippen LogP contribution is 2.33. The predicted octanol–water partition coefficient (Wildman–Crippen LogP) is 4.83. The Hall–Kier alpha value is -2.98. The molecule has 0 saturated heterocycles. The second-order valence-corrected chi connectivity index (χ2v) is 6.13. The molecule has 0 aliphatic rings. The Balaban J connectivity index is 2.27. The van der Waals surface area contributed by atoms with E-state index in [9.17, 15) is 15.4 Å². The van der Waals surface area contributed by atoms with E-state index in [0.717, 1.165) is 10.2 Å². The first-order valence-corrected chi connectivity index (χ1v) is 7.79. The molecular formula is C17H11BrN4O2. The van der Waals surface area contributed by atoms with Gasteiger partial charge in [-0.2, -0.15) is 5.26 Å². The number of nitrogens with one attached hydrogen (secondary N) is 1. The molecule has 0 bridgehead atoms. The molecule has 0 radical (unpaired) electrons. The van der Waals surface area contributed by atoms with Crippen LogP contribution < -0.4 is 5.32 Å². The number of nitrogens with zero attached hydrogens (tertiary/aromatic N) is 3. The van der Waals surface area contributed by atoms with Crippen LogP contribution in [0.2, 0.25) is 0 Å². The van der Waals surface area contributed by atoms with Crippen molar-refractivity contribution in [2.45, 2.75) is 6.92 Å². The molecule has 3 aromatic rings. The number of anilines is 2. The number of halogens is 1. The zero-order valence-corrected chi connectivity index (χ0v) is 14.2. The molecular weight excluding hydrogens is 372 g/mol. The van der Waals surface area contributed by atoms with Crippen LogP contribution in [0.25, 0.3) is 10.9 Å². The van der Waals surface area contributed by atoms with Crippen LogP contribution in [0.4, 0.5) is 17.1 Å². The van der Waals surface area contributed by atoms with Gasteiger partial charge in [-0.25, -0.2) is 0 Å². The zero-order valence-electron chi connectivity index (χ0n) is 12.6. The maximum absolute atomic E-state index is 11.2. The van der Waals surface area contributed by atoms with Crippen LogP contribution in [0.5, 0.6) is 0 Å². The molecule has 0 atom stereocenters. The first kappa shape index (κ1) is 15.9. The fraction of sp³-hybridized carbons (Fsp3) is 0.0588. The molecule has 6 nitrogen and oxygen atoms in total. The minimum atomic E-state index is -0.450. The second-order valence-electron chi connectivity index (χ2n) is 5.21. The van der Waals surface area contributed by atoms with Gasteiger partial charge in [0.05, 0.1) is 21.7 Å². The number of nitro benzene ring substituents is 1. The van der Waals surface area contributed by atoms with Gasteiger partial charge in [0.1, 0.15) is 6.07 Å². The van der Waals surface area contributed by atoms with E-state index in [1.807, 2.05) is 24.3 Å². The molecule has 1 aromatic heterocycles. The summed E-state index contributed by atoms with van der Waals surface area (Å²) in [6.45, 7) is 1.76. The maximum Gasteiger partial charge on any atom is 0.270 e. The Labute approximate surface area is 146 Å².